The number of halogens is 5. The van der Waals surface area contributed by atoms with Crippen LogP contribution in [0.4, 0.5) is 17.6 Å². The van der Waals surface area contributed by atoms with Gasteiger partial charge in [-0.25, -0.2) is 9.37 Å². The van der Waals surface area contributed by atoms with Crippen molar-refractivity contribution in [2.75, 3.05) is 13.2 Å². The van der Waals surface area contributed by atoms with Gasteiger partial charge < -0.3 is 15.8 Å². The molecule has 202 valence electrons. The summed E-state index contributed by atoms with van der Waals surface area (Å²) in [5.41, 5.74) is 4.13. The molecule has 0 radical (unpaired) electrons. The fourth-order valence-corrected chi connectivity index (χ4v) is 5.85. The van der Waals surface area contributed by atoms with Crippen molar-refractivity contribution in [3.8, 4) is 17.0 Å². The van der Waals surface area contributed by atoms with Gasteiger partial charge in [0, 0.05) is 27.8 Å². The van der Waals surface area contributed by atoms with Crippen molar-refractivity contribution < 1.29 is 31.9 Å². The minimum atomic E-state index is -4.83. The Hall–Kier alpha value is -3.70. The van der Waals surface area contributed by atoms with E-state index in [2.05, 4.69) is 10.3 Å². The molecule has 3 N–H and O–H groups in total. The lowest BCUT2D eigenvalue weighted by atomic mass is 9.82. The highest BCUT2D eigenvalue weighted by molar-refractivity contribution is 7.21. The zero-order chi connectivity index (χ0) is 28.1. The van der Waals surface area contributed by atoms with Crippen LogP contribution in [-0.2, 0) is 10.2 Å². The zero-order valence-corrected chi connectivity index (χ0v) is 21.8. The summed E-state index contributed by atoms with van der Waals surface area (Å²) in [6.07, 6.45) is -4.83. The van der Waals surface area contributed by atoms with Gasteiger partial charge in [0.1, 0.15) is 40.1 Å². The standard InChI is InChI=1S/C27H20ClF4N3O3S/c1-26(25(33)37)12-38-22-16(26)10-18(35-21(22)13-6-8-14(29)9-7-13)17(27(30,31)32)11-34-24(36)23-20(28)15-4-2-3-5-19(15)39-23/h2-10,17H,11-12H2,1H3,(H2,33,37)(H,34,36)/t17?,26-/m0/s1. The van der Waals surface area contributed by atoms with Crippen LogP contribution in [0.5, 0.6) is 5.75 Å². The number of pyridine rings is 1. The molecule has 0 spiro atoms. The number of carbonyl (C=O) groups is 2. The summed E-state index contributed by atoms with van der Waals surface area (Å²) in [5, 5.41) is 3.11. The second kappa shape index (κ2) is 9.80. The smallest absolute Gasteiger partial charge is 0.398 e. The Bertz CT molecular complexity index is 1610. The molecule has 0 fully saturated rings. The number of aromatic nitrogens is 1. The Balaban J connectivity index is 1.56. The molecule has 2 atom stereocenters. The zero-order valence-electron chi connectivity index (χ0n) is 20.2. The summed E-state index contributed by atoms with van der Waals surface area (Å²) in [4.78, 5) is 29.6. The van der Waals surface area contributed by atoms with Crippen molar-refractivity contribution in [1.82, 2.24) is 10.3 Å². The predicted molar refractivity (Wildman–Crippen MR) is 140 cm³/mol. The maximum Gasteiger partial charge on any atom is 0.398 e. The van der Waals surface area contributed by atoms with Crippen LogP contribution >= 0.6 is 22.9 Å². The molecule has 3 heterocycles. The largest absolute Gasteiger partial charge is 0.489 e. The fraction of sp³-hybridized carbons (Fsp3) is 0.222. The lowest BCUT2D eigenvalue weighted by molar-refractivity contribution is -0.149. The number of hydrogen-bond acceptors (Lipinski definition) is 5. The number of nitrogens with two attached hydrogens (primary N) is 1. The number of carbonyl (C=O) groups excluding carboxylic acids is 2. The van der Waals surface area contributed by atoms with Gasteiger partial charge in [0.15, 0.2) is 0 Å². The van der Waals surface area contributed by atoms with Crippen LogP contribution in [0, 0.1) is 5.82 Å². The quantitative estimate of drug-likeness (QED) is 0.276. The molecule has 0 saturated carbocycles. The average Bonchev–Trinajstić information content (AvgIpc) is 3.41. The number of ether oxygens (including phenoxy) is 1. The van der Waals surface area contributed by atoms with Crippen LogP contribution in [0.15, 0.2) is 54.6 Å². The third kappa shape index (κ3) is 4.80. The Labute approximate surface area is 228 Å². The summed E-state index contributed by atoms with van der Waals surface area (Å²) in [6, 6.07) is 13.1. The van der Waals surface area contributed by atoms with Crippen molar-refractivity contribution in [3.05, 3.63) is 81.6 Å². The van der Waals surface area contributed by atoms with E-state index in [1.54, 1.807) is 24.3 Å². The van der Waals surface area contributed by atoms with Crippen molar-refractivity contribution in [1.29, 1.82) is 0 Å². The summed E-state index contributed by atoms with van der Waals surface area (Å²) in [7, 11) is 0. The van der Waals surface area contributed by atoms with E-state index in [1.807, 2.05) is 0 Å². The Morgan fingerprint density at radius 1 is 1.21 bits per heavy atom. The van der Waals surface area contributed by atoms with E-state index in [4.69, 9.17) is 22.1 Å². The average molecular weight is 578 g/mol. The topological polar surface area (TPSA) is 94.3 Å². The van der Waals surface area contributed by atoms with E-state index < -0.39 is 47.4 Å². The molecule has 0 saturated heterocycles. The molecule has 0 aliphatic carbocycles. The molecule has 39 heavy (non-hydrogen) atoms. The maximum atomic E-state index is 14.4. The fourth-order valence-electron chi connectivity index (χ4n) is 4.41. The summed E-state index contributed by atoms with van der Waals surface area (Å²) >= 11 is 7.40. The number of rotatable bonds is 6. The lowest BCUT2D eigenvalue weighted by Crippen LogP contribution is -2.40. The SMILES string of the molecule is C[C@]1(C(N)=O)COc2c1cc(C(CNC(=O)c1sc3ccccc3c1Cl)C(F)(F)F)nc2-c1ccc(F)cc1. The van der Waals surface area contributed by atoms with Crippen molar-refractivity contribution in [2.45, 2.75) is 24.4 Å². The number of alkyl halides is 3. The monoisotopic (exact) mass is 577 g/mol. The Morgan fingerprint density at radius 3 is 2.54 bits per heavy atom. The summed E-state index contributed by atoms with van der Waals surface area (Å²) in [6.45, 7) is 0.414. The molecule has 0 bridgehead atoms. The number of fused-ring (bicyclic) bond motifs is 2. The second-order valence-electron chi connectivity index (χ2n) is 9.31. The van der Waals surface area contributed by atoms with Crippen molar-refractivity contribution in [2.24, 2.45) is 5.73 Å². The van der Waals surface area contributed by atoms with Gasteiger partial charge in [-0.05, 0) is 43.3 Å². The van der Waals surface area contributed by atoms with E-state index in [1.165, 1.54) is 19.1 Å². The molecule has 5 rings (SSSR count). The Morgan fingerprint density at radius 2 is 1.90 bits per heavy atom. The van der Waals surface area contributed by atoms with Crippen LogP contribution in [0.2, 0.25) is 5.02 Å². The van der Waals surface area contributed by atoms with Crippen molar-refractivity contribution in [3.63, 3.8) is 0 Å². The number of benzene rings is 2. The maximum absolute atomic E-state index is 14.4. The predicted octanol–water partition coefficient (Wildman–Crippen LogP) is 5.97. The highest BCUT2D eigenvalue weighted by Crippen LogP contribution is 2.46. The van der Waals surface area contributed by atoms with E-state index in [0.29, 0.717) is 5.39 Å². The summed E-state index contributed by atoms with van der Waals surface area (Å²) in [5.74, 6) is -4.27. The van der Waals surface area contributed by atoms with Crippen LogP contribution in [0.3, 0.4) is 0 Å². The number of amides is 2. The molecular formula is C27H20ClF4N3O3S. The number of nitrogens with zero attached hydrogens (tertiary/aromatic N) is 1. The van der Waals surface area contributed by atoms with Gasteiger partial charge in [-0.1, -0.05) is 29.8 Å². The molecule has 2 amide bonds. The van der Waals surface area contributed by atoms with E-state index in [-0.39, 0.29) is 39.1 Å². The highest BCUT2D eigenvalue weighted by Gasteiger charge is 2.47. The van der Waals surface area contributed by atoms with Gasteiger partial charge in [0.25, 0.3) is 5.91 Å². The van der Waals surface area contributed by atoms with Gasteiger partial charge in [-0.3, -0.25) is 9.59 Å². The molecule has 1 unspecified atom stereocenters. The molecule has 1 aliphatic heterocycles. The lowest BCUT2D eigenvalue weighted by Gasteiger charge is -2.24. The number of primary amides is 1. The molecule has 12 heteroatoms. The van der Waals surface area contributed by atoms with E-state index in [0.717, 1.165) is 34.2 Å². The highest BCUT2D eigenvalue weighted by atomic mass is 35.5. The first-order valence-corrected chi connectivity index (χ1v) is 12.9. The van der Waals surface area contributed by atoms with E-state index >= 15 is 0 Å². The number of thiophene rings is 1. The third-order valence-electron chi connectivity index (χ3n) is 6.71. The van der Waals surface area contributed by atoms with Gasteiger partial charge in [0.2, 0.25) is 5.91 Å². The van der Waals surface area contributed by atoms with E-state index in [9.17, 15) is 27.2 Å². The second-order valence-corrected chi connectivity index (χ2v) is 10.7. The normalized spacial score (nSPS) is 17.5. The van der Waals surface area contributed by atoms with Crippen LogP contribution in [0.25, 0.3) is 21.3 Å². The van der Waals surface area contributed by atoms with Gasteiger partial charge in [-0.2, -0.15) is 13.2 Å². The molecule has 4 aromatic rings. The number of hydrogen-bond donors (Lipinski definition) is 2. The van der Waals surface area contributed by atoms with Crippen LogP contribution in [0.1, 0.15) is 33.8 Å². The molecule has 1 aliphatic rings. The van der Waals surface area contributed by atoms with Gasteiger partial charge in [0.05, 0.1) is 10.7 Å². The molecule has 2 aromatic carbocycles. The van der Waals surface area contributed by atoms with Crippen molar-refractivity contribution >= 4 is 44.8 Å². The van der Waals surface area contributed by atoms with Gasteiger partial charge >= 0.3 is 6.18 Å². The first kappa shape index (κ1) is 26.9. The first-order chi connectivity index (χ1) is 18.4. The van der Waals surface area contributed by atoms with Crippen LogP contribution < -0.4 is 15.8 Å². The van der Waals surface area contributed by atoms with Crippen LogP contribution in [-0.4, -0.2) is 36.1 Å². The minimum Gasteiger partial charge on any atom is -0.489 e. The molecular weight excluding hydrogens is 558 g/mol. The Kier molecular flexibility index (Phi) is 6.76. The minimum absolute atomic E-state index is 0.000558. The number of nitrogens with one attached hydrogen (secondary N) is 1. The molecule has 6 nitrogen and oxygen atoms in total. The molecule has 2 aromatic heterocycles. The summed E-state index contributed by atoms with van der Waals surface area (Å²) < 4.78 is 63.2. The van der Waals surface area contributed by atoms with Gasteiger partial charge in [-0.15, -0.1) is 11.3 Å². The third-order valence-corrected chi connectivity index (χ3v) is 8.39. The first-order valence-electron chi connectivity index (χ1n) is 11.7.